The third-order valence-corrected chi connectivity index (χ3v) is 3.98. The number of ether oxygens (including phenoxy) is 1. The Morgan fingerprint density at radius 1 is 1.24 bits per heavy atom. The molecule has 0 spiro atoms. The summed E-state index contributed by atoms with van der Waals surface area (Å²) in [4.78, 5) is 9.30. The number of fused-ring (bicyclic) bond motifs is 1. The van der Waals surface area contributed by atoms with Gasteiger partial charge in [0.15, 0.2) is 5.96 Å². The van der Waals surface area contributed by atoms with E-state index < -0.39 is 0 Å². The van der Waals surface area contributed by atoms with Crippen molar-refractivity contribution in [1.82, 2.24) is 20.2 Å². The van der Waals surface area contributed by atoms with Crippen LogP contribution >= 0.6 is 0 Å². The molecule has 0 saturated heterocycles. The molecule has 1 heterocycles. The highest BCUT2D eigenvalue weighted by Crippen LogP contribution is 2.14. The van der Waals surface area contributed by atoms with E-state index in [4.69, 9.17) is 4.74 Å². The molecule has 1 aromatic heterocycles. The van der Waals surface area contributed by atoms with Gasteiger partial charge in [0.2, 0.25) is 0 Å². The van der Waals surface area contributed by atoms with Gasteiger partial charge in [-0.05, 0) is 31.4 Å². The lowest BCUT2D eigenvalue weighted by atomic mass is 10.1. The standard InChI is InChI=1S/C19H31N5O/c1-5-20-19(21-11-13-25-12-10-15(2)3)22-14-18-23-16-8-6-7-9-17(16)24(18)4/h6-9,15H,5,10-14H2,1-4H3,(H2,20,21,22). The van der Waals surface area contributed by atoms with Crippen molar-refractivity contribution in [3.8, 4) is 0 Å². The molecule has 2 N–H and O–H groups in total. The van der Waals surface area contributed by atoms with Gasteiger partial charge < -0.3 is 19.9 Å². The van der Waals surface area contributed by atoms with Crippen molar-refractivity contribution in [2.75, 3.05) is 26.3 Å². The average Bonchev–Trinajstić information content (AvgIpc) is 2.92. The van der Waals surface area contributed by atoms with Crippen LogP contribution in [0.2, 0.25) is 0 Å². The first-order chi connectivity index (χ1) is 12.1. The number of rotatable bonds is 9. The molecule has 0 radical (unpaired) electrons. The first-order valence-corrected chi connectivity index (χ1v) is 9.12. The quantitative estimate of drug-likeness (QED) is 0.417. The van der Waals surface area contributed by atoms with E-state index in [1.54, 1.807) is 0 Å². The maximum absolute atomic E-state index is 5.63. The van der Waals surface area contributed by atoms with E-state index in [1.165, 1.54) is 0 Å². The van der Waals surface area contributed by atoms with Crippen molar-refractivity contribution in [3.63, 3.8) is 0 Å². The number of hydrogen-bond acceptors (Lipinski definition) is 3. The molecule has 2 aromatic rings. The van der Waals surface area contributed by atoms with Gasteiger partial charge in [0, 0.05) is 26.7 Å². The maximum Gasteiger partial charge on any atom is 0.191 e. The summed E-state index contributed by atoms with van der Waals surface area (Å²) < 4.78 is 7.73. The predicted octanol–water partition coefficient (Wildman–Crippen LogP) is 2.69. The maximum atomic E-state index is 5.63. The Bertz CT molecular complexity index is 678. The first-order valence-electron chi connectivity index (χ1n) is 9.12. The predicted molar refractivity (Wildman–Crippen MR) is 104 cm³/mol. The Balaban J connectivity index is 1.87. The summed E-state index contributed by atoms with van der Waals surface area (Å²) in [6, 6.07) is 8.14. The van der Waals surface area contributed by atoms with E-state index in [0.717, 1.165) is 48.9 Å². The Hall–Kier alpha value is -2.08. The van der Waals surface area contributed by atoms with Crippen molar-refractivity contribution in [2.45, 2.75) is 33.7 Å². The molecule has 6 heteroatoms. The summed E-state index contributed by atoms with van der Waals surface area (Å²) in [6.45, 7) is 10.1. The number of para-hydroxylation sites is 2. The minimum absolute atomic E-state index is 0.536. The SMILES string of the molecule is CCNC(=NCc1nc2ccccc2n1C)NCCOCCC(C)C. The Kier molecular flexibility index (Phi) is 7.73. The first kappa shape index (κ1) is 19.2. The fourth-order valence-electron chi connectivity index (χ4n) is 2.49. The number of hydrogen-bond donors (Lipinski definition) is 2. The number of imidazole rings is 1. The van der Waals surface area contributed by atoms with Gasteiger partial charge in [0.1, 0.15) is 12.4 Å². The number of nitrogens with zero attached hydrogens (tertiary/aromatic N) is 3. The second-order valence-electron chi connectivity index (χ2n) is 6.49. The van der Waals surface area contributed by atoms with Crippen LogP contribution in [0.4, 0.5) is 0 Å². The number of nitrogens with one attached hydrogen (secondary N) is 2. The second kappa shape index (κ2) is 10.0. The summed E-state index contributed by atoms with van der Waals surface area (Å²) in [5.74, 6) is 2.42. The van der Waals surface area contributed by atoms with Crippen molar-refractivity contribution < 1.29 is 4.74 Å². The summed E-state index contributed by atoms with van der Waals surface area (Å²) in [5.41, 5.74) is 2.14. The Morgan fingerprint density at radius 2 is 2.04 bits per heavy atom. The van der Waals surface area contributed by atoms with Gasteiger partial charge in [-0.15, -0.1) is 0 Å². The number of benzene rings is 1. The molecule has 0 bridgehead atoms. The zero-order valence-corrected chi connectivity index (χ0v) is 15.9. The van der Waals surface area contributed by atoms with Crippen LogP contribution < -0.4 is 10.6 Å². The van der Waals surface area contributed by atoms with E-state index in [1.807, 2.05) is 25.2 Å². The molecule has 0 aliphatic heterocycles. The van der Waals surface area contributed by atoms with E-state index in [-0.39, 0.29) is 0 Å². The molecule has 0 amide bonds. The second-order valence-corrected chi connectivity index (χ2v) is 6.49. The zero-order valence-electron chi connectivity index (χ0n) is 15.9. The van der Waals surface area contributed by atoms with Crippen molar-refractivity contribution in [2.24, 2.45) is 18.0 Å². The number of aryl methyl sites for hydroxylation is 1. The van der Waals surface area contributed by atoms with Crippen LogP contribution in [0.3, 0.4) is 0 Å². The summed E-state index contributed by atoms with van der Waals surface area (Å²) in [5, 5.41) is 6.57. The molecule has 0 aliphatic carbocycles. The average molecular weight is 345 g/mol. The number of guanidine groups is 1. The smallest absolute Gasteiger partial charge is 0.191 e. The highest BCUT2D eigenvalue weighted by molar-refractivity contribution is 5.80. The lowest BCUT2D eigenvalue weighted by molar-refractivity contribution is 0.128. The molecule has 25 heavy (non-hydrogen) atoms. The molecule has 0 aliphatic rings. The third kappa shape index (κ3) is 6.05. The molecule has 6 nitrogen and oxygen atoms in total. The fourth-order valence-corrected chi connectivity index (χ4v) is 2.49. The molecular weight excluding hydrogens is 314 g/mol. The van der Waals surface area contributed by atoms with Crippen LogP contribution in [-0.4, -0.2) is 41.8 Å². The molecule has 0 atom stereocenters. The Morgan fingerprint density at radius 3 is 2.76 bits per heavy atom. The van der Waals surface area contributed by atoms with Crippen molar-refractivity contribution >= 4 is 17.0 Å². The van der Waals surface area contributed by atoms with E-state index >= 15 is 0 Å². The van der Waals surface area contributed by atoms with Gasteiger partial charge >= 0.3 is 0 Å². The van der Waals surface area contributed by atoms with Crippen LogP contribution in [0.15, 0.2) is 29.3 Å². The molecular formula is C19H31N5O. The van der Waals surface area contributed by atoms with Crippen LogP contribution in [0, 0.1) is 5.92 Å². The largest absolute Gasteiger partial charge is 0.380 e. The van der Waals surface area contributed by atoms with E-state index in [9.17, 15) is 0 Å². The third-order valence-electron chi connectivity index (χ3n) is 3.98. The van der Waals surface area contributed by atoms with Gasteiger partial charge in [-0.25, -0.2) is 9.98 Å². The van der Waals surface area contributed by atoms with Gasteiger partial charge in [0.05, 0.1) is 17.6 Å². The van der Waals surface area contributed by atoms with Crippen molar-refractivity contribution in [1.29, 1.82) is 0 Å². The molecule has 1 aromatic carbocycles. The fraction of sp³-hybridized carbons (Fsp3) is 0.579. The van der Waals surface area contributed by atoms with Gasteiger partial charge in [-0.3, -0.25) is 0 Å². The van der Waals surface area contributed by atoms with Gasteiger partial charge in [-0.1, -0.05) is 26.0 Å². The Labute approximate surface area is 150 Å². The highest BCUT2D eigenvalue weighted by Gasteiger charge is 2.06. The minimum Gasteiger partial charge on any atom is -0.380 e. The topological polar surface area (TPSA) is 63.5 Å². The van der Waals surface area contributed by atoms with Crippen LogP contribution in [0.5, 0.6) is 0 Å². The van der Waals surface area contributed by atoms with Crippen LogP contribution in [0.25, 0.3) is 11.0 Å². The molecule has 2 rings (SSSR count). The van der Waals surface area contributed by atoms with Crippen LogP contribution in [-0.2, 0) is 18.3 Å². The molecule has 0 saturated carbocycles. The number of aliphatic imine (C=N–C) groups is 1. The van der Waals surface area contributed by atoms with Crippen LogP contribution in [0.1, 0.15) is 33.0 Å². The van der Waals surface area contributed by atoms with E-state index in [0.29, 0.717) is 19.1 Å². The number of aromatic nitrogens is 2. The zero-order chi connectivity index (χ0) is 18.1. The molecule has 0 fully saturated rings. The summed E-state index contributed by atoms with van der Waals surface area (Å²) in [7, 11) is 2.03. The van der Waals surface area contributed by atoms with Gasteiger partial charge in [0.25, 0.3) is 0 Å². The molecule has 0 unspecified atom stereocenters. The van der Waals surface area contributed by atoms with Crippen molar-refractivity contribution in [3.05, 3.63) is 30.1 Å². The highest BCUT2D eigenvalue weighted by atomic mass is 16.5. The summed E-state index contributed by atoms with van der Waals surface area (Å²) >= 11 is 0. The van der Waals surface area contributed by atoms with Gasteiger partial charge in [-0.2, -0.15) is 0 Å². The molecule has 138 valence electrons. The lowest BCUT2D eigenvalue weighted by Crippen LogP contribution is -2.39. The lowest BCUT2D eigenvalue weighted by Gasteiger charge is -2.12. The monoisotopic (exact) mass is 345 g/mol. The summed E-state index contributed by atoms with van der Waals surface area (Å²) in [6.07, 6.45) is 1.10. The van der Waals surface area contributed by atoms with E-state index in [2.05, 4.69) is 52.0 Å². The minimum atomic E-state index is 0.536. The normalized spacial score (nSPS) is 12.1.